The zero-order chi connectivity index (χ0) is 13.6. The molecule has 1 fully saturated rings. The minimum Gasteiger partial charge on any atom is -0.321 e. The lowest BCUT2D eigenvalue weighted by Crippen LogP contribution is -2.44. The molecule has 0 radical (unpaired) electrons. The van der Waals surface area contributed by atoms with Gasteiger partial charge in [-0.3, -0.25) is 0 Å². The van der Waals surface area contributed by atoms with Gasteiger partial charge in [-0.2, -0.15) is 0 Å². The van der Waals surface area contributed by atoms with Crippen LogP contribution in [0.4, 0.5) is 17.6 Å². The summed E-state index contributed by atoms with van der Waals surface area (Å²) in [5, 5.41) is 0. The van der Waals surface area contributed by atoms with Crippen LogP contribution in [0.3, 0.4) is 0 Å². The molecule has 0 spiro atoms. The quantitative estimate of drug-likeness (QED) is 0.767. The number of benzene rings is 1. The zero-order valence-electron chi connectivity index (χ0n) is 10.1. The third-order valence-corrected chi connectivity index (χ3v) is 3.56. The van der Waals surface area contributed by atoms with Gasteiger partial charge in [0.15, 0.2) is 0 Å². The van der Waals surface area contributed by atoms with Gasteiger partial charge in [-0.1, -0.05) is 0 Å². The van der Waals surface area contributed by atoms with E-state index in [4.69, 9.17) is 5.73 Å². The Balaban J connectivity index is 2.37. The molecule has 0 unspecified atom stereocenters. The van der Waals surface area contributed by atoms with E-state index < -0.39 is 35.9 Å². The first-order valence-electron chi connectivity index (χ1n) is 5.86. The summed E-state index contributed by atoms with van der Waals surface area (Å²) in [5.41, 5.74) is 4.79. The van der Waals surface area contributed by atoms with Crippen molar-refractivity contribution in [2.45, 2.75) is 44.1 Å². The second-order valence-corrected chi connectivity index (χ2v) is 5.12. The van der Waals surface area contributed by atoms with Crippen molar-refractivity contribution in [3.63, 3.8) is 0 Å². The van der Waals surface area contributed by atoms with Crippen molar-refractivity contribution >= 4 is 0 Å². The van der Waals surface area contributed by atoms with E-state index in [9.17, 15) is 17.6 Å². The van der Waals surface area contributed by atoms with Gasteiger partial charge < -0.3 is 5.73 Å². The number of hydrogen-bond acceptors (Lipinski definition) is 1. The molecule has 1 aromatic carbocycles. The van der Waals surface area contributed by atoms with Crippen LogP contribution < -0.4 is 5.73 Å². The van der Waals surface area contributed by atoms with Gasteiger partial charge in [0, 0.05) is 23.9 Å². The lowest BCUT2D eigenvalue weighted by molar-refractivity contribution is -0.0522. The van der Waals surface area contributed by atoms with Gasteiger partial charge in [-0.25, -0.2) is 17.6 Å². The lowest BCUT2D eigenvalue weighted by atomic mass is 9.75. The molecule has 100 valence electrons. The van der Waals surface area contributed by atoms with Gasteiger partial charge in [0.1, 0.15) is 11.6 Å². The van der Waals surface area contributed by atoms with Gasteiger partial charge in [-0.05, 0) is 37.5 Å². The number of nitrogens with two attached hydrogens (primary N) is 1. The SMILES string of the molecule is Cc1cc(F)c(C2(N)CCC(F)(F)CC2)c(F)c1. The van der Waals surface area contributed by atoms with Gasteiger partial charge in [-0.15, -0.1) is 0 Å². The van der Waals surface area contributed by atoms with Gasteiger partial charge in [0.05, 0.1) is 0 Å². The van der Waals surface area contributed by atoms with Crippen LogP contribution in [-0.2, 0) is 5.54 Å². The van der Waals surface area contributed by atoms with E-state index in [1.807, 2.05) is 0 Å². The maximum atomic E-state index is 13.8. The summed E-state index contributed by atoms with van der Waals surface area (Å²) in [5.74, 6) is -4.28. The Morgan fingerprint density at radius 2 is 1.44 bits per heavy atom. The fourth-order valence-electron chi connectivity index (χ4n) is 2.49. The minimum absolute atomic E-state index is 0.114. The summed E-state index contributed by atoms with van der Waals surface area (Å²) in [6.45, 7) is 1.56. The van der Waals surface area contributed by atoms with E-state index in [-0.39, 0.29) is 18.4 Å². The van der Waals surface area contributed by atoms with Crippen molar-refractivity contribution in [3.05, 3.63) is 34.9 Å². The maximum absolute atomic E-state index is 13.8. The average Bonchev–Trinajstić information content (AvgIpc) is 2.22. The third-order valence-electron chi connectivity index (χ3n) is 3.56. The summed E-state index contributed by atoms with van der Waals surface area (Å²) in [4.78, 5) is 0. The highest BCUT2D eigenvalue weighted by Gasteiger charge is 2.44. The van der Waals surface area contributed by atoms with Crippen molar-refractivity contribution in [3.8, 4) is 0 Å². The highest BCUT2D eigenvalue weighted by Crippen LogP contribution is 2.43. The van der Waals surface area contributed by atoms with Crippen LogP contribution >= 0.6 is 0 Å². The first-order valence-corrected chi connectivity index (χ1v) is 5.86. The number of rotatable bonds is 1. The number of aryl methyl sites for hydroxylation is 1. The molecular formula is C13H15F4N. The third kappa shape index (κ3) is 2.36. The highest BCUT2D eigenvalue weighted by atomic mass is 19.3. The molecule has 0 atom stereocenters. The first kappa shape index (κ1) is 13.3. The van der Waals surface area contributed by atoms with Gasteiger partial charge in [0.2, 0.25) is 5.92 Å². The molecule has 18 heavy (non-hydrogen) atoms. The Hall–Kier alpha value is -1.10. The Labute approximate surface area is 103 Å². The molecular weight excluding hydrogens is 246 g/mol. The predicted octanol–water partition coefficient (Wildman–Crippen LogP) is 3.64. The summed E-state index contributed by atoms with van der Waals surface area (Å²) < 4.78 is 53.8. The molecule has 1 nitrogen and oxygen atoms in total. The maximum Gasteiger partial charge on any atom is 0.248 e. The summed E-state index contributed by atoms with van der Waals surface area (Å²) in [6.07, 6.45) is -1.10. The molecule has 5 heteroatoms. The Kier molecular flexibility index (Phi) is 3.13. The van der Waals surface area contributed by atoms with Crippen molar-refractivity contribution in [2.24, 2.45) is 5.73 Å². The zero-order valence-corrected chi connectivity index (χ0v) is 10.1. The fraction of sp³-hybridized carbons (Fsp3) is 0.538. The molecule has 2 N–H and O–H groups in total. The van der Waals surface area contributed by atoms with E-state index in [1.54, 1.807) is 6.92 Å². The van der Waals surface area contributed by atoms with Crippen molar-refractivity contribution in [1.29, 1.82) is 0 Å². The van der Waals surface area contributed by atoms with Crippen molar-refractivity contribution in [2.75, 3.05) is 0 Å². The number of alkyl halides is 2. The summed E-state index contributed by atoms with van der Waals surface area (Å²) in [7, 11) is 0. The molecule has 0 saturated heterocycles. The molecule has 0 amide bonds. The van der Waals surface area contributed by atoms with Gasteiger partial charge in [0.25, 0.3) is 0 Å². The topological polar surface area (TPSA) is 26.0 Å². The second-order valence-electron chi connectivity index (χ2n) is 5.12. The first-order chi connectivity index (χ1) is 8.23. The van der Waals surface area contributed by atoms with Crippen LogP contribution in [0.1, 0.15) is 36.8 Å². The normalized spacial score (nSPS) is 21.9. The Morgan fingerprint density at radius 1 is 1.00 bits per heavy atom. The molecule has 0 heterocycles. The summed E-state index contributed by atoms with van der Waals surface area (Å²) >= 11 is 0. The highest BCUT2D eigenvalue weighted by molar-refractivity contribution is 5.32. The molecule has 2 rings (SSSR count). The molecule has 1 aromatic rings. The Bertz CT molecular complexity index is 437. The average molecular weight is 261 g/mol. The smallest absolute Gasteiger partial charge is 0.248 e. The second kappa shape index (κ2) is 4.23. The van der Waals surface area contributed by atoms with E-state index in [1.165, 1.54) is 12.1 Å². The van der Waals surface area contributed by atoms with Crippen molar-refractivity contribution < 1.29 is 17.6 Å². The van der Waals surface area contributed by atoms with E-state index in [0.717, 1.165) is 0 Å². The minimum atomic E-state index is -2.78. The largest absolute Gasteiger partial charge is 0.321 e. The molecule has 0 bridgehead atoms. The molecule has 1 aliphatic carbocycles. The fourth-order valence-corrected chi connectivity index (χ4v) is 2.49. The van der Waals surface area contributed by atoms with E-state index in [2.05, 4.69) is 0 Å². The van der Waals surface area contributed by atoms with Crippen LogP contribution in [0.25, 0.3) is 0 Å². The van der Waals surface area contributed by atoms with Crippen LogP contribution in [0.2, 0.25) is 0 Å². The monoisotopic (exact) mass is 261 g/mol. The summed E-state index contributed by atoms with van der Waals surface area (Å²) in [6, 6.07) is 2.36. The Morgan fingerprint density at radius 3 is 1.89 bits per heavy atom. The van der Waals surface area contributed by atoms with Crippen LogP contribution in [0.5, 0.6) is 0 Å². The number of halogens is 4. The standard InChI is InChI=1S/C13H15F4N/c1-8-6-9(14)11(10(15)7-8)12(18)2-4-13(16,17)5-3-12/h6-7H,2-5,18H2,1H3. The molecule has 1 aliphatic rings. The molecule has 1 saturated carbocycles. The number of hydrogen-bond donors (Lipinski definition) is 1. The van der Waals surface area contributed by atoms with Crippen LogP contribution in [0, 0.1) is 18.6 Å². The molecule has 0 aliphatic heterocycles. The van der Waals surface area contributed by atoms with Gasteiger partial charge >= 0.3 is 0 Å². The van der Waals surface area contributed by atoms with Crippen molar-refractivity contribution in [1.82, 2.24) is 0 Å². The van der Waals surface area contributed by atoms with E-state index in [0.29, 0.717) is 5.56 Å². The van der Waals surface area contributed by atoms with E-state index >= 15 is 0 Å². The molecule has 0 aromatic heterocycles. The van der Waals surface area contributed by atoms with Crippen LogP contribution in [0.15, 0.2) is 12.1 Å². The lowest BCUT2D eigenvalue weighted by Gasteiger charge is -2.37. The van der Waals surface area contributed by atoms with Crippen LogP contribution in [-0.4, -0.2) is 5.92 Å². The predicted molar refractivity (Wildman–Crippen MR) is 60.4 cm³/mol.